The molecule has 7 heteroatoms. The van der Waals surface area contributed by atoms with E-state index >= 15 is 0 Å². The van der Waals surface area contributed by atoms with E-state index in [1.165, 1.54) is 11.3 Å². The molecule has 114 valence electrons. The van der Waals surface area contributed by atoms with E-state index in [4.69, 9.17) is 11.1 Å². The van der Waals surface area contributed by atoms with E-state index in [1.807, 2.05) is 0 Å². The molecular weight excluding hydrogens is 311 g/mol. The lowest BCUT2D eigenvalue weighted by Gasteiger charge is -2.14. The van der Waals surface area contributed by atoms with Crippen LogP contribution in [0.1, 0.15) is 12.6 Å². The maximum atomic E-state index is 13.0. The predicted octanol–water partition coefficient (Wildman–Crippen LogP) is 4.81. The van der Waals surface area contributed by atoms with Crippen LogP contribution in [0, 0.1) is 5.41 Å². The first kappa shape index (κ1) is 14.5. The molecule has 0 aliphatic carbocycles. The second-order valence-corrected chi connectivity index (χ2v) is 5.59. The average molecular weight is 323 g/mol. The minimum atomic E-state index is -4.49. The van der Waals surface area contributed by atoms with E-state index in [9.17, 15) is 13.2 Å². The average Bonchev–Trinajstić information content (AvgIpc) is 2.92. The van der Waals surface area contributed by atoms with Crippen LogP contribution < -0.4 is 5.73 Å². The zero-order chi connectivity index (χ0) is 15.9. The number of nitrogens with zero attached hydrogens (tertiary/aromatic N) is 1. The first-order chi connectivity index (χ1) is 10.4. The number of nitrogens with two attached hydrogens (primary N) is 1. The molecule has 0 aliphatic heterocycles. The smallest absolute Gasteiger partial charge is 0.398 e. The zero-order valence-corrected chi connectivity index (χ0v) is 11.9. The van der Waals surface area contributed by atoms with Gasteiger partial charge in [-0.25, -0.2) is 4.98 Å². The van der Waals surface area contributed by atoms with Gasteiger partial charge >= 0.3 is 6.18 Å². The summed E-state index contributed by atoms with van der Waals surface area (Å²) >= 11 is 1.45. The fourth-order valence-corrected chi connectivity index (χ4v) is 2.92. The van der Waals surface area contributed by atoms with Crippen LogP contribution in [0.15, 0.2) is 35.8 Å². The number of fused-ring (bicyclic) bond motifs is 1. The van der Waals surface area contributed by atoms with Crippen molar-refractivity contribution < 1.29 is 14.6 Å². The first-order valence-corrected chi connectivity index (χ1v) is 7.13. The van der Waals surface area contributed by atoms with E-state index in [0.717, 1.165) is 23.0 Å². The third-order valence-corrected chi connectivity index (χ3v) is 4.14. The van der Waals surface area contributed by atoms with Crippen molar-refractivity contribution >= 4 is 33.5 Å². The van der Waals surface area contributed by atoms with E-state index < -0.39 is 11.7 Å². The second-order valence-electron chi connectivity index (χ2n) is 4.70. The van der Waals surface area contributed by atoms with Gasteiger partial charge in [0.2, 0.25) is 0 Å². The number of alkyl halides is 3. The summed E-state index contributed by atoms with van der Waals surface area (Å²) in [5, 5.41) is 7.43. The third kappa shape index (κ3) is 2.43. The molecule has 0 fully saturated rings. The maximum absolute atomic E-state index is 13.0. The lowest BCUT2D eigenvalue weighted by molar-refractivity contribution is -0.137. The molecule has 0 amide bonds. The first-order valence-electron chi connectivity index (χ1n) is 6.25. The maximum Gasteiger partial charge on any atom is 0.416 e. The highest BCUT2D eigenvalue weighted by molar-refractivity contribution is 7.16. The topological polar surface area (TPSA) is 62.8 Å². The van der Waals surface area contributed by atoms with Gasteiger partial charge in [-0.05, 0) is 35.4 Å². The summed E-state index contributed by atoms with van der Waals surface area (Å²) in [6.45, 7) is 0. The van der Waals surface area contributed by atoms with Gasteiger partial charge in [0.15, 0.2) is 0 Å². The summed E-state index contributed by atoms with van der Waals surface area (Å²) in [7, 11) is 0. The Labute approximate surface area is 129 Å². The quantitative estimate of drug-likeness (QED) is 0.525. The Hall–Kier alpha value is -2.41. The van der Waals surface area contributed by atoms with Crippen LogP contribution in [0.3, 0.4) is 0 Å². The van der Waals surface area contributed by atoms with E-state index in [2.05, 4.69) is 4.98 Å². The Morgan fingerprint density at radius 1 is 1.23 bits per heavy atom. The van der Waals surface area contributed by atoms with Gasteiger partial charge in [0.05, 0.1) is 21.3 Å². The molecule has 22 heavy (non-hydrogen) atoms. The van der Waals surface area contributed by atoms with E-state index in [0.29, 0.717) is 11.1 Å². The van der Waals surface area contributed by atoms with Crippen molar-refractivity contribution in [3.8, 4) is 11.1 Å². The summed E-state index contributed by atoms with van der Waals surface area (Å²) in [4.78, 5) is 4.16. The number of anilines is 1. The number of hydrogen-bond donors (Lipinski definition) is 2. The number of benzene rings is 2. The molecule has 0 bridgehead atoms. The molecular formula is C15H12F3N3S. The second kappa shape index (κ2) is 5.10. The molecule has 0 aliphatic rings. The molecule has 1 heterocycles. The monoisotopic (exact) mass is 323 g/mol. The largest absolute Gasteiger partial charge is 0.416 e. The van der Waals surface area contributed by atoms with Crippen LogP contribution in [-0.2, 0) is 6.18 Å². The van der Waals surface area contributed by atoms with Gasteiger partial charge in [-0.3, -0.25) is 0 Å². The highest BCUT2D eigenvalue weighted by Gasteiger charge is 2.32. The summed E-state index contributed by atoms with van der Waals surface area (Å²) in [5.41, 5.74) is 8.26. The van der Waals surface area contributed by atoms with Crippen LogP contribution >= 0.6 is 11.3 Å². The summed E-state index contributed by atoms with van der Waals surface area (Å²) in [6.07, 6.45) is -3.52. The van der Waals surface area contributed by atoms with Gasteiger partial charge in [0.1, 0.15) is 0 Å². The molecule has 3 N–H and O–H groups in total. The molecule has 0 saturated carbocycles. The van der Waals surface area contributed by atoms with Gasteiger partial charge in [-0.1, -0.05) is 6.07 Å². The van der Waals surface area contributed by atoms with E-state index in [-0.39, 0.29) is 18.2 Å². The molecule has 0 saturated heterocycles. The van der Waals surface area contributed by atoms with Crippen LogP contribution in [-0.4, -0.2) is 11.2 Å². The predicted molar refractivity (Wildman–Crippen MR) is 84.5 cm³/mol. The molecule has 0 spiro atoms. The third-order valence-electron chi connectivity index (χ3n) is 3.33. The molecule has 0 radical (unpaired) electrons. The Morgan fingerprint density at radius 3 is 2.68 bits per heavy atom. The lowest BCUT2D eigenvalue weighted by atomic mass is 9.96. The Morgan fingerprint density at radius 2 is 2.00 bits per heavy atom. The number of nitrogens with one attached hydrogen (secondary N) is 1. The van der Waals surface area contributed by atoms with Crippen LogP contribution in [0.4, 0.5) is 18.9 Å². The van der Waals surface area contributed by atoms with Crippen molar-refractivity contribution in [3.05, 3.63) is 47.0 Å². The molecule has 1 aromatic heterocycles. The van der Waals surface area contributed by atoms with Crippen LogP contribution in [0.2, 0.25) is 0 Å². The molecule has 0 unspecified atom stereocenters. The highest BCUT2D eigenvalue weighted by atomic mass is 32.1. The Bertz CT molecular complexity index is 874. The molecule has 3 nitrogen and oxygen atoms in total. The van der Waals surface area contributed by atoms with Crippen LogP contribution in [0.25, 0.3) is 21.3 Å². The van der Waals surface area contributed by atoms with Crippen molar-refractivity contribution in [1.29, 1.82) is 5.41 Å². The number of rotatable bonds is 2. The fraction of sp³-hybridized carbons (Fsp3) is 0.0667. The highest BCUT2D eigenvalue weighted by Crippen LogP contribution is 2.37. The van der Waals surface area contributed by atoms with Crippen molar-refractivity contribution in [2.45, 2.75) is 6.18 Å². The van der Waals surface area contributed by atoms with Gasteiger partial charge in [0, 0.05) is 18.9 Å². The van der Waals surface area contributed by atoms with Gasteiger partial charge in [-0.15, -0.1) is 11.3 Å². The summed E-state index contributed by atoms with van der Waals surface area (Å²) in [6, 6.07) is 7.08. The number of thiazole rings is 1. The standard InChI is InChI=1S/C15H10F3N3S.H2/c16-15(17,18)9-4-10(11(6-19)12(20)5-9)8-1-2-14-13(3-8)21-7-22-14;/h1-7,19H,20H2;1H. The van der Waals surface area contributed by atoms with Gasteiger partial charge in [0.25, 0.3) is 0 Å². The molecule has 0 atom stereocenters. The number of hydrogen-bond acceptors (Lipinski definition) is 4. The fourth-order valence-electron chi connectivity index (χ4n) is 2.26. The van der Waals surface area contributed by atoms with Crippen molar-refractivity contribution in [2.24, 2.45) is 0 Å². The van der Waals surface area contributed by atoms with Gasteiger partial charge in [-0.2, -0.15) is 13.2 Å². The number of halogens is 3. The normalized spacial score (nSPS) is 11.8. The number of nitrogen functional groups attached to an aromatic ring is 1. The lowest BCUT2D eigenvalue weighted by Crippen LogP contribution is -2.08. The summed E-state index contributed by atoms with van der Waals surface area (Å²) < 4.78 is 39.9. The van der Waals surface area contributed by atoms with Crippen LogP contribution in [0.5, 0.6) is 0 Å². The minimum absolute atomic E-state index is 0. The Kier molecular flexibility index (Phi) is 3.37. The minimum Gasteiger partial charge on any atom is -0.398 e. The zero-order valence-electron chi connectivity index (χ0n) is 11.1. The van der Waals surface area contributed by atoms with Crippen molar-refractivity contribution in [3.63, 3.8) is 0 Å². The Balaban J connectivity index is 0.00000192. The summed E-state index contributed by atoms with van der Waals surface area (Å²) in [5.74, 6) is 0. The van der Waals surface area contributed by atoms with Crippen molar-refractivity contribution in [1.82, 2.24) is 4.98 Å². The van der Waals surface area contributed by atoms with Crippen molar-refractivity contribution in [2.75, 3.05) is 5.73 Å². The molecule has 3 aromatic rings. The number of aromatic nitrogens is 1. The molecule has 3 rings (SSSR count). The van der Waals surface area contributed by atoms with Gasteiger partial charge < -0.3 is 11.1 Å². The van der Waals surface area contributed by atoms with E-state index in [1.54, 1.807) is 23.7 Å². The molecule has 2 aromatic carbocycles. The SMILES string of the molecule is N=Cc1c(N)cc(C(F)(F)F)cc1-c1ccc2scnc2c1.[HH].